The smallest absolute Gasteiger partial charge is 0.237 e. The normalized spacial score (nSPS) is 15.0. The molecule has 0 aliphatic rings. The molecule has 0 aromatic carbocycles. The highest BCUT2D eigenvalue weighted by atomic mass is 16.2. The number of ketones is 1. The minimum absolute atomic E-state index is 0.0533. The molecule has 0 bridgehead atoms. The Morgan fingerprint density at radius 3 is 1.81 bits per heavy atom. The van der Waals surface area contributed by atoms with Crippen molar-refractivity contribution in [3.8, 4) is 0 Å². The highest BCUT2D eigenvalue weighted by molar-refractivity contribution is 5.91. The maximum absolute atomic E-state index is 11.8. The van der Waals surface area contributed by atoms with E-state index in [1.165, 1.54) is 0 Å². The minimum atomic E-state index is -0.415. The van der Waals surface area contributed by atoms with Crippen LogP contribution in [0, 0.1) is 11.8 Å². The monoisotopic (exact) mass is 228 g/mol. The second kappa shape index (κ2) is 6.63. The van der Waals surface area contributed by atoms with Crippen molar-refractivity contribution >= 4 is 11.7 Å². The van der Waals surface area contributed by atoms with Gasteiger partial charge in [-0.1, -0.05) is 27.7 Å². The van der Waals surface area contributed by atoms with Crippen molar-refractivity contribution in [2.45, 2.75) is 46.7 Å². The average molecular weight is 228 g/mol. The first kappa shape index (κ1) is 15.1. The summed E-state index contributed by atoms with van der Waals surface area (Å²) in [4.78, 5) is 23.5. The maximum Gasteiger partial charge on any atom is 0.237 e. The molecule has 0 aromatic rings. The zero-order valence-corrected chi connectivity index (χ0v) is 11.1. The van der Waals surface area contributed by atoms with E-state index >= 15 is 0 Å². The summed E-state index contributed by atoms with van der Waals surface area (Å²) in [7, 11) is 1.75. The van der Waals surface area contributed by atoms with Gasteiger partial charge in [-0.05, 0) is 19.9 Å². The summed E-state index contributed by atoms with van der Waals surface area (Å²) < 4.78 is 0. The number of carbonyl (C=O) groups is 2. The summed E-state index contributed by atoms with van der Waals surface area (Å²) in [5.41, 5.74) is 0. The van der Waals surface area contributed by atoms with Gasteiger partial charge in [0.1, 0.15) is 0 Å². The van der Waals surface area contributed by atoms with Crippen molar-refractivity contribution in [3.63, 3.8) is 0 Å². The van der Waals surface area contributed by atoms with Gasteiger partial charge in [0.15, 0.2) is 5.78 Å². The van der Waals surface area contributed by atoms with Gasteiger partial charge in [0.05, 0.1) is 12.1 Å². The fraction of sp³-hybridized carbons (Fsp3) is 0.833. The number of rotatable bonds is 6. The van der Waals surface area contributed by atoms with Crippen LogP contribution in [0.1, 0.15) is 34.6 Å². The predicted octanol–water partition coefficient (Wildman–Crippen LogP) is 0.960. The van der Waals surface area contributed by atoms with Crippen LogP contribution < -0.4 is 10.6 Å². The fourth-order valence-electron chi connectivity index (χ4n) is 1.64. The third-order valence-electron chi connectivity index (χ3n) is 2.61. The van der Waals surface area contributed by atoms with E-state index in [0.29, 0.717) is 0 Å². The van der Waals surface area contributed by atoms with Crippen LogP contribution in [0.25, 0.3) is 0 Å². The number of Topliss-reactive ketones (excluding diaryl/α,β-unsaturated/α-hetero) is 1. The second-order valence-corrected chi connectivity index (χ2v) is 4.80. The maximum atomic E-state index is 11.8. The van der Waals surface area contributed by atoms with Crippen molar-refractivity contribution in [3.05, 3.63) is 0 Å². The van der Waals surface area contributed by atoms with Crippen LogP contribution >= 0.6 is 0 Å². The Morgan fingerprint density at radius 1 is 1.00 bits per heavy atom. The van der Waals surface area contributed by atoms with E-state index in [2.05, 4.69) is 10.6 Å². The number of nitrogens with one attached hydrogen (secondary N) is 2. The molecule has 1 amide bonds. The van der Waals surface area contributed by atoms with E-state index in [1.54, 1.807) is 14.0 Å². The molecule has 0 aliphatic carbocycles. The van der Waals surface area contributed by atoms with Gasteiger partial charge in [0, 0.05) is 5.92 Å². The Labute approximate surface area is 98.2 Å². The van der Waals surface area contributed by atoms with Crippen LogP contribution in [-0.2, 0) is 9.59 Å². The number of hydrogen-bond donors (Lipinski definition) is 2. The summed E-state index contributed by atoms with van der Waals surface area (Å²) in [6, 6.07) is -0.662. The third-order valence-corrected chi connectivity index (χ3v) is 2.61. The molecule has 0 unspecified atom stereocenters. The molecule has 0 aliphatic heterocycles. The lowest BCUT2D eigenvalue weighted by atomic mass is 10.0. The average Bonchev–Trinajstić information content (AvgIpc) is 2.16. The van der Waals surface area contributed by atoms with Gasteiger partial charge < -0.3 is 10.6 Å². The van der Waals surface area contributed by atoms with Crippen LogP contribution in [-0.4, -0.2) is 30.8 Å². The van der Waals surface area contributed by atoms with Crippen molar-refractivity contribution < 1.29 is 9.59 Å². The van der Waals surface area contributed by atoms with Crippen molar-refractivity contribution in [1.82, 2.24) is 10.6 Å². The Morgan fingerprint density at radius 2 is 1.50 bits per heavy atom. The molecule has 4 heteroatoms. The van der Waals surface area contributed by atoms with Crippen LogP contribution in [0.4, 0.5) is 0 Å². The van der Waals surface area contributed by atoms with Crippen molar-refractivity contribution in [2.75, 3.05) is 7.05 Å². The fourth-order valence-corrected chi connectivity index (χ4v) is 1.64. The molecule has 0 aromatic heterocycles. The minimum Gasteiger partial charge on any atom is -0.345 e. The van der Waals surface area contributed by atoms with E-state index in [4.69, 9.17) is 0 Å². The molecule has 4 nitrogen and oxygen atoms in total. The lowest BCUT2D eigenvalue weighted by Gasteiger charge is -2.22. The van der Waals surface area contributed by atoms with Gasteiger partial charge in [-0.25, -0.2) is 0 Å². The molecule has 0 saturated carbocycles. The molecule has 0 spiro atoms. The zero-order valence-electron chi connectivity index (χ0n) is 11.1. The Balaban J connectivity index is 4.38. The lowest BCUT2D eigenvalue weighted by molar-refractivity contribution is -0.130. The topological polar surface area (TPSA) is 58.2 Å². The number of amides is 1. The molecule has 0 radical (unpaired) electrons. The number of likely N-dealkylation sites (N-methyl/N-ethyl adjacent to an activating group) is 1. The standard InChI is InChI=1S/C12H24N2O2/c1-7(2)10(13-6)12(16)14-9(5)11(15)8(3)4/h7-10,13H,1-6H3,(H,14,16)/t9-,10-/m0/s1. The van der Waals surface area contributed by atoms with Gasteiger partial charge >= 0.3 is 0 Å². The van der Waals surface area contributed by atoms with Gasteiger partial charge in [-0.3, -0.25) is 9.59 Å². The summed E-state index contributed by atoms with van der Waals surface area (Å²) in [6.45, 7) is 9.34. The third kappa shape index (κ3) is 4.31. The Bertz CT molecular complexity index is 249. The van der Waals surface area contributed by atoms with E-state index in [9.17, 15) is 9.59 Å². The van der Waals surface area contributed by atoms with Crippen molar-refractivity contribution in [2.24, 2.45) is 11.8 Å². The van der Waals surface area contributed by atoms with Crippen LogP contribution in [0.5, 0.6) is 0 Å². The molecule has 16 heavy (non-hydrogen) atoms. The molecule has 94 valence electrons. The Hall–Kier alpha value is -0.900. The highest BCUT2D eigenvalue weighted by Gasteiger charge is 2.24. The number of hydrogen-bond acceptors (Lipinski definition) is 3. The largest absolute Gasteiger partial charge is 0.345 e. The number of carbonyl (C=O) groups excluding carboxylic acids is 2. The first-order chi connectivity index (χ1) is 7.31. The van der Waals surface area contributed by atoms with Gasteiger partial charge in [0.25, 0.3) is 0 Å². The van der Waals surface area contributed by atoms with Gasteiger partial charge in [-0.15, -0.1) is 0 Å². The second-order valence-electron chi connectivity index (χ2n) is 4.80. The molecule has 0 heterocycles. The molecule has 2 atom stereocenters. The quantitative estimate of drug-likeness (QED) is 0.712. The summed E-state index contributed by atoms with van der Waals surface area (Å²) in [5, 5.41) is 5.69. The molecular weight excluding hydrogens is 204 g/mol. The summed E-state index contributed by atoms with van der Waals surface area (Å²) in [5.74, 6) is 0.0969. The zero-order chi connectivity index (χ0) is 12.9. The van der Waals surface area contributed by atoms with E-state index in [-0.39, 0.29) is 29.6 Å². The molecular formula is C12H24N2O2. The van der Waals surface area contributed by atoms with E-state index in [0.717, 1.165) is 0 Å². The summed E-state index contributed by atoms with van der Waals surface area (Å²) in [6.07, 6.45) is 0. The van der Waals surface area contributed by atoms with Crippen molar-refractivity contribution in [1.29, 1.82) is 0 Å². The first-order valence-corrected chi connectivity index (χ1v) is 5.82. The molecule has 0 fully saturated rings. The first-order valence-electron chi connectivity index (χ1n) is 5.82. The summed E-state index contributed by atoms with van der Waals surface area (Å²) >= 11 is 0. The lowest BCUT2D eigenvalue weighted by Crippen LogP contribution is -2.51. The van der Waals surface area contributed by atoms with Crippen LogP contribution in [0.2, 0.25) is 0 Å². The van der Waals surface area contributed by atoms with Crippen LogP contribution in [0.3, 0.4) is 0 Å². The van der Waals surface area contributed by atoms with E-state index in [1.807, 2.05) is 27.7 Å². The van der Waals surface area contributed by atoms with Crippen LogP contribution in [0.15, 0.2) is 0 Å². The SMILES string of the molecule is CN[C@H](C(=O)N[C@@H](C)C(=O)C(C)C)C(C)C. The van der Waals surface area contributed by atoms with Gasteiger partial charge in [-0.2, -0.15) is 0 Å². The van der Waals surface area contributed by atoms with Gasteiger partial charge in [0.2, 0.25) is 5.91 Å². The molecule has 2 N–H and O–H groups in total. The Kier molecular flexibility index (Phi) is 6.26. The van der Waals surface area contributed by atoms with E-state index < -0.39 is 6.04 Å². The highest BCUT2D eigenvalue weighted by Crippen LogP contribution is 2.03. The molecule has 0 saturated heterocycles. The molecule has 0 rings (SSSR count). The predicted molar refractivity (Wildman–Crippen MR) is 65.1 cm³/mol.